The van der Waals surface area contributed by atoms with Gasteiger partial charge >= 0.3 is 0 Å². The molecule has 3 aromatic rings. The number of rotatable bonds is 7. The molecule has 0 aromatic heterocycles. The van der Waals surface area contributed by atoms with Crippen LogP contribution in [0, 0.1) is 0 Å². The summed E-state index contributed by atoms with van der Waals surface area (Å²) in [7, 11) is 0. The summed E-state index contributed by atoms with van der Waals surface area (Å²) in [5.41, 5.74) is 2.97. The number of carbonyl (C=O) groups excluding carboxylic acids is 1. The van der Waals surface area contributed by atoms with Crippen molar-refractivity contribution < 1.29 is 14.6 Å². The quantitative estimate of drug-likeness (QED) is 0.317. The average Bonchev–Trinajstić information content (AvgIpc) is 2.68. The molecule has 5 nitrogen and oxygen atoms in total. The first-order valence-electron chi connectivity index (χ1n) is 8.65. The molecule has 0 aliphatic rings. The third-order valence-corrected chi connectivity index (χ3v) is 4.55. The van der Waals surface area contributed by atoms with Crippen molar-refractivity contribution in [2.45, 2.75) is 12.8 Å². The number of amides is 1. The molecular weight excluding hydrogens is 399 g/mol. The molecule has 0 saturated carbocycles. The van der Waals surface area contributed by atoms with Crippen molar-refractivity contribution >= 4 is 46.1 Å². The number of halogens is 2. The van der Waals surface area contributed by atoms with Crippen LogP contribution in [-0.4, -0.2) is 23.8 Å². The molecule has 1 amide bonds. The van der Waals surface area contributed by atoms with Gasteiger partial charge in [0, 0.05) is 22.4 Å². The number of hydrogen-bond donors (Lipinski definition) is 2. The normalized spacial score (nSPS) is 11.1. The number of benzene rings is 3. The van der Waals surface area contributed by atoms with E-state index in [4.69, 9.17) is 27.9 Å². The molecule has 0 bridgehead atoms. The maximum Gasteiger partial charge on any atom is 0.240 e. The van der Waals surface area contributed by atoms with Crippen molar-refractivity contribution in [1.82, 2.24) is 5.43 Å². The monoisotopic (exact) mass is 416 g/mol. The van der Waals surface area contributed by atoms with Gasteiger partial charge in [0.15, 0.2) is 0 Å². The van der Waals surface area contributed by atoms with Crippen LogP contribution in [0.3, 0.4) is 0 Å². The Bertz CT molecular complexity index is 1020. The topological polar surface area (TPSA) is 70.9 Å². The summed E-state index contributed by atoms with van der Waals surface area (Å²) >= 11 is 11.8. The lowest BCUT2D eigenvalue weighted by atomic mass is 10.1. The molecule has 0 radical (unpaired) electrons. The number of nitrogens with one attached hydrogen (secondary N) is 1. The van der Waals surface area contributed by atoms with Gasteiger partial charge in [-0.05, 0) is 36.1 Å². The largest absolute Gasteiger partial charge is 0.507 e. The standard InChI is InChI=1S/C21H18Cl2N2O3/c22-16-9-10-19(18(23)12-16)28-11-3-6-20(26)25-24-13-15-8-7-14-4-1-2-5-17(14)21(15)27/h1-2,4-5,7-10,12-13,27H,3,6,11H2,(H,25,26)/b24-13+. The number of aromatic hydroxyl groups is 1. The minimum Gasteiger partial charge on any atom is -0.507 e. The van der Waals surface area contributed by atoms with Crippen molar-refractivity contribution in [2.75, 3.05) is 6.61 Å². The van der Waals surface area contributed by atoms with E-state index in [1.54, 1.807) is 24.3 Å². The summed E-state index contributed by atoms with van der Waals surface area (Å²) in [6, 6.07) is 16.1. The Balaban J connectivity index is 1.46. The first kappa shape index (κ1) is 20.0. The zero-order valence-corrected chi connectivity index (χ0v) is 16.4. The fraction of sp³-hybridized carbons (Fsp3) is 0.143. The van der Waals surface area contributed by atoms with Crippen LogP contribution in [0.1, 0.15) is 18.4 Å². The van der Waals surface area contributed by atoms with Gasteiger partial charge in [-0.2, -0.15) is 5.10 Å². The van der Waals surface area contributed by atoms with E-state index in [-0.39, 0.29) is 18.1 Å². The highest BCUT2D eigenvalue weighted by Crippen LogP contribution is 2.28. The summed E-state index contributed by atoms with van der Waals surface area (Å²) in [4.78, 5) is 11.9. The van der Waals surface area contributed by atoms with Crippen molar-refractivity contribution in [3.05, 3.63) is 70.2 Å². The molecule has 0 spiro atoms. The van der Waals surface area contributed by atoms with Gasteiger partial charge in [0.25, 0.3) is 0 Å². The number of fused-ring (bicyclic) bond motifs is 1. The molecular formula is C21H18Cl2N2O3. The average molecular weight is 417 g/mol. The third-order valence-electron chi connectivity index (χ3n) is 4.02. The maximum atomic E-state index is 11.9. The Morgan fingerprint density at radius 2 is 1.96 bits per heavy atom. The van der Waals surface area contributed by atoms with Crippen LogP contribution in [0.4, 0.5) is 0 Å². The van der Waals surface area contributed by atoms with E-state index in [0.717, 1.165) is 10.8 Å². The Morgan fingerprint density at radius 3 is 2.79 bits per heavy atom. The lowest BCUT2D eigenvalue weighted by molar-refractivity contribution is -0.121. The van der Waals surface area contributed by atoms with Gasteiger partial charge in [-0.3, -0.25) is 4.79 Å². The zero-order chi connectivity index (χ0) is 19.9. The molecule has 0 aliphatic carbocycles. The number of carbonyl (C=O) groups is 1. The van der Waals surface area contributed by atoms with Crippen LogP contribution in [0.25, 0.3) is 10.8 Å². The number of hydrogen-bond acceptors (Lipinski definition) is 4. The minimum atomic E-state index is -0.248. The molecule has 0 unspecified atom stereocenters. The SMILES string of the molecule is O=C(CCCOc1ccc(Cl)cc1Cl)N/N=C/c1ccc2ccccc2c1O. The van der Waals surface area contributed by atoms with E-state index in [1.165, 1.54) is 6.21 Å². The van der Waals surface area contributed by atoms with E-state index >= 15 is 0 Å². The number of hydrazone groups is 1. The molecule has 2 N–H and O–H groups in total. The molecule has 3 aromatic carbocycles. The summed E-state index contributed by atoms with van der Waals surface area (Å²) in [6.07, 6.45) is 2.16. The van der Waals surface area contributed by atoms with Crippen molar-refractivity contribution in [3.63, 3.8) is 0 Å². The zero-order valence-electron chi connectivity index (χ0n) is 14.9. The number of ether oxygens (including phenoxy) is 1. The lowest BCUT2D eigenvalue weighted by Gasteiger charge is -2.07. The van der Waals surface area contributed by atoms with Gasteiger partial charge in [-0.25, -0.2) is 5.43 Å². The van der Waals surface area contributed by atoms with E-state index in [9.17, 15) is 9.90 Å². The predicted octanol–water partition coefficient (Wildman–Crippen LogP) is 5.16. The molecule has 0 fully saturated rings. The fourth-order valence-electron chi connectivity index (χ4n) is 2.61. The van der Waals surface area contributed by atoms with Crippen molar-refractivity contribution in [3.8, 4) is 11.5 Å². The molecule has 144 valence electrons. The van der Waals surface area contributed by atoms with Gasteiger partial charge in [0.05, 0.1) is 17.8 Å². The van der Waals surface area contributed by atoms with Gasteiger partial charge in [0.2, 0.25) is 5.91 Å². The second kappa shape index (κ2) is 9.44. The maximum absolute atomic E-state index is 11.9. The Hall–Kier alpha value is -2.76. The molecule has 0 aliphatic heterocycles. The van der Waals surface area contributed by atoms with Gasteiger partial charge in [0.1, 0.15) is 11.5 Å². The molecule has 0 atom stereocenters. The lowest BCUT2D eigenvalue weighted by Crippen LogP contribution is -2.18. The van der Waals surface area contributed by atoms with Crippen LogP contribution in [0.5, 0.6) is 11.5 Å². The highest BCUT2D eigenvalue weighted by atomic mass is 35.5. The number of nitrogens with zero attached hydrogens (tertiary/aromatic N) is 1. The molecule has 0 saturated heterocycles. The Labute approximate surface area is 172 Å². The van der Waals surface area contributed by atoms with Crippen LogP contribution in [0.2, 0.25) is 10.0 Å². The molecule has 3 rings (SSSR count). The van der Waals surface area contributed by atoms with Crippen LogP contribution < -0.4 is 10.2 Å². The Morgan fingerprint density at radius 1 is 1.14 bits per heavy atom. The van der Waals surface area contributed by atoms with Crippen LogP contribution in [-0.2, 0) is 4.79 Å². The molecule has 7 heteroatoms. The van der Waals surface area contributed by atoms with E-state index in [0.29, 0.717) is 34.4 Å². The van der Waals surface area contributed by atoms with Crippen molar-refractivity contribution in [1.29, 1.82) is 0 Å². The molecule has 28 heavy (non-hydrogen) atoms. The number of phenols is 1. The van der Waals surface area contributed by atoms with Crippen LogP contribution >= 0.6 is 23.2 Å². The minimum absolute atomic E-state index is 0.129. The van der Waals surface area contributed by atoms with E-state index < -0.39 is 0 Å². The van der Waals surface area contributed by atoms with E-state index in [1.807, 2.05) is 30.3 Å². The predicted molar refractivity (Wildman–Crippen MR) is 113 cm³/mol. The van der Waals surface area contributed by atoms with Gasteiger partial charge < -0.3 is 9.84 Å². The molecule has 0 heterocycles. The number of phenolic OH excluding ortho intramolecular Hbond substituents is 1. The van der Waals surface area contributed by atoms with E-state index in [2.05, 4.69) is 10.5 Å². The highest BCUT2D eigenvalue weighted by molar-refractivity contribution is 6.35. The smallest absolute Gasteiger partial charge is 0.240 e. The third kappa shape index (κ3) is 5.15. The fourth-order valence-corrected chi connectivity index (χ4v) is 3.08. The summed E-state index contributed by atoms with van der Waals surface area (Å²) in [5.74, 6) is 0.406. The van der Waals surface area contributed by atoms with Gasteiger partial charge in [-0.15, -0.1) is 0 Å². The summed E-state index contributed by atoms with van der Waals surface area (Å²) < 4.78 is 5.53. The first-order chi connectivity index (χ1) is 13.5. The second-order valence-corrected chi connectivity index (χ2v) is 6.89. The Kier molecular flexibility index (Phi) is 6.74. The van der Waals surface area contributed by atoms with Crippen molar-refractivity contribution in [2.24, 2.45) is 5.10 Å². The van der Waals surface area contributed by atoms with Gasteiger partial charge in [-0.1, -0.05) is 53.5 Å². The summed E-state index contributed by atoms with van der Waals surface area (Å²) in [5, 5.41) is 16.8. The summed E-state index contributed by atoms with van der Waals surface area (Å²) in [6.45, 7) is 0.337. The highest BCUT2D eigenvalue weighted by Gasteiger charge is 2.06. The van der Waals surface area contributed by atoms with Crippen LogP contribution in [0.15, 0.2) is 59.7 Å². The second-order valence-electron chi connectivity index (χ2n) is 6.04. The first-order valence-corrected chi connectivity index (χ1v) is 9.40.